The van der Waals surface area contributed by atoms with Gasteiger partial charge in [-0.2, -0.15) is 5.26 Å². The molecule has 3 aromatic rings. The molecule has 0 aliphatic heterocycles. The zero-order chi connectivity index (χ0) is 15.5. The van der Waals surface area contributed by atoms with Crippen molar-refractivity contribution in [2.45, 2.75) is 0 Å². The molecule has 5 nitrogen and oxygen atoms in total. The number of halogens is 1. The van der Waals surface area contributed by atoms with Crippen LogP contribution in [0.25, 0.3) is 16.9 Å². The summed E-state index contributed by atoms with van der Waals surface area (Å²) >= 11 is 6.17. The van der Waals surface area contributed by atoms with E-state index in [2.05, 4.69) is 16.4 Å². The monoisotopic (exact) mass is 310 g/mol. The molecule has 0 N–H and O–H groups in total. The second kappa shape index (κ2) is 5.88. The zero-order valence-electron chi connectivity index (χ0n) is 11.7. The molecule has 0 aliphatic rings. The van der Waals surface area contributed by atoms with Gasteiger partial charge in [0.15, 0.2) is 5.69 Å². The first kappa shape index (κ1) is 14.1. The lowest BCUT2D eigenvalue weighted by Gasteiger charge is -2.09. The minimum Gasteiger partial charge on any atom is -0.495 e. The molecular weight excluding hydrogens is 300 g/mol. The molecule has 1 aromatic heterocycles. The molecule has 0 bridgehead atoms. The summed E-state index contributed by atoms with van der Waals surface area (Å²) < 4.78 is 6.74. The molecular formula is C16H11ClN4O. The Labute approximate surface area is 132 Å². The van der Waals surface area contributed by atoms with Crippen molar-refractivity contribution < 1.29 is 4.74 Å². The lowest BCUT2D eigenvalue weighted by molar-refractivity contribution is 0.415. The Morgan fingerprint density at radius 2 is 1.95 bits per heavy atom. The molecule has 0 radical (unpaired) electrons. The Bertz CT molecular complexity index is 852. The highest BCUT2D eigenvalue weighted by Gasteiger charge is 2.16. The zero-order valence-corrected chi connectivity index (χ0v) is 12.4. The van der Waals surface area contributed by atoms with Gasteiger partial charge in [-0.25, -0.2) is 4.68 Å². The maximum atomic E-state index is 9.26. The fourth-order valence-electron chi connectivity index (χ4n) is 2.18. The molecule has 0 saturated heterocycles. The van der Waals surface area contributed by atoms with Gasteiger partial charge in [-0.15, -0.1) is 5.10 Å². The van der Waals surface area contributed by atoms with Crippen LogP contribution in [-0.2, 0) is 0 Å². The number of nitrogens with zero attached hydrogens (tertiary/aromatic N) is 4. The molecule has 22 heavy (non-hydrogen) atoms. The minimum atomic E-state index is 0.262. The first-order valence-electron chi connectivity index (χ1n) is 6.49. The predicted octanol–water partition coefficient (Wildman–Crippen LogP) is 3.47. The van der Waals surface area contributed by atoms with Gasteiger partial charge in [-0.3, -0.25) is 0 Å². The molecule has 0 atom stereocenters. The van der Waals surface area contributed by atoms with E-state index in [1.165, 1.54) is 0 Å². The first-order valence-corrected chi connectivity index (χ1v) is 6.87. The molecule has 0 unspecified atom stereocenters. The summed E-state index contributed by atoms with van der Waals surface area (Å²) in [5.74, 6) is 0.576. The number of methoxy groups -OCH3 is 1. The van der Waals surface area contributed by atoms with Gasteiger partial charge in [0.05, 0.1) is 17.8 Å². The summed E-state index contributed by atoms with van der Waals surface area (Å²) in [5, 5.41) is 17.7. The number of nitriles is 1. The SMILES string of the molecule is COc1ccc(-n2nnc(C#N)c2-c2ccccc2)cc1Cl. The van der Waals surface area contributed by atoms with Crippen LogP contribution in [0.15, 0.2) is 48.5 Å². The van der Waals surface area contributed by atoms with E-state index in [1.807, 2.05) is 36.4 Å². The molecule has 0 fully saturated rings. The van der Waals surface area contributed by atoms with Crippen LogP contribution < -0.4 is 4.74 Å². The molecule has 108 valence electrons. The molecule has 0 saturated carbocycles. The van der Waals surface area contributed by atoms with Gasteiger partial charge >= 0.3 is 0 Å². The van der Waals surface area contributed by atoms with Crippen molar-refractivity contribution in [1.82, 2.24) is 15.0 Å². The number of hydrogen-bond acceptors (Lipinski definition) is 4. The Kier molecular flexibility index (Phi) is 3.77. The number of hydrogen-bond donors (Lipinski definition) is 0. The van der Waals surface area contributed by atoms with Gasteiger partial charge in [-0.05, 0) is 18.2 Å². The van der Waals surface area contributed by atoms with Crippen LogP contribution in [-0.4, -0.2) is 22.1 Å². The molecule has 1 heterocycles. The number of rotatable bonds is 3. The van der Waals surface area contributed by atoms with E-state index < -0.39 is 0 Å². The van der Waals surface area contributed by atoms with Gasteiger partial charge < -0.3 is 4.74 Å². The summed E-state index contributed by atoms with van der Waals surface area (Å²) in [7, 11) is 1.56. The summed E-state index contributed by atoms with van der Waals surface area (Å²) in [6, 6.07) is 16.9. The second-order valence-corrected chi connectivity index (χ2v) is 4.90. The number of aromatic nitrogens is 3. The Morgan fingerprint density at radius 1 is 1.18 bits per heavy atom. The second-order valence-electron chi connectivity index (χ2n) is 4.50. The van der Waals surface area contributed by atoms with Crippen molar-refractivity contribution in [3.63, 3.8) is 0 Å². The van der Waals surface area contributed by atoms with E-state index in [0.29, 0.717) is 22.2 Å². The van der Waals surface area contributed by atoms with E-state index in [4.69, 9.17) is 16.3 Å². The Morgan fingerprint density at radius 3 is 2.59 bits per heavy atom. The lowest BCUT2D eigenvalue weighted by atomic mass is 10.1. The first-order chi connectivity index (χ1) is 10.7. The average molecular weight is 311 g/mol. The molecule has 0 amide bonds. The van der Waals surface area contributed by atoms with Crippen molar-refractivity contribution in [1.29, 1.82) is 5.26 Å². The normalized spacial score (nSPS) is 10.2. The maximum Gasteiger partial charge on any atom is 0.191 e. The van der Waals surface area contributed by atoms with Crippen LogP contribution in [0.2, 0.25) is 5.02 Å². The minimum absolute atomic E-state index is 0.262. The number of benzene rings is 2. The number of ether oxygens (including phenoxy) is 1. The molecule has 3 rings (SSSR count). The lowest BCUT2D eigenvalue weighted by Crippen LogP contribution is -2.00. The van der Waals surface area contributed by atoms with Gasteiger partial charge in [0, 0.05) is 5.56 Å². The smallest absolute Gasteiger partial charge is 0.191 e. The van der Waals surface area contributed by atoms with E-state index >= 15 is 0 Å². The Balaban J connectivity index is 2.19. The molecule has 0 aliphatic carbocycles. The van der Waals surface area contributed by atoms with Crippen molar-refractivity contribution in [3.05, 3.63) is 59.2 Å². The van der Waals surface area contributed by atoms with Crippen LogP contribution in [0.1, 0.15) is 5.69 Å². The van der Waals surface area contributed by atoms with Gasteiger partial charge in [0.1, 0.15) is 17.5 Å². The van der Waals surface area contributed by atoms with Crippen LogP contribution in [0.5, 0.6) is 5.75 Å². The van der Waals surface area contributed by atoms with Crippen molar-refractivity contribution in [2.75, 3.05) is 7.11 Å². The quantitative estimate of drug-likeness (QED) is 0.743. The summed E-state index contributed by atoms with van der Waals surface area (Å²) in [6.45, 7) is 0. The van der Waals surface area contributed by atoms with Crippen molar-refractivity contribution in [3.8, 4) is 28.8 Å². The van der Waals surface area contributed by atoms with Crippen molar-refractivity contribution >= 4 is 11.6 Å². The van der Waals surface area contributed by atoms with Gasteiger partial charge in [0.2, 0.25) is 0 Å². The molecule has 6 heteroatoms. The fourth-order valence-corrected chi connectivity index (χ4v) is 2.43. The third-order valence-corrected chi connectivity index (χ3v) is 3.50. The van der Waals surface area contributed by atoms with Crippen LogP contribution >= 0.6 is 11.6 Å². The largest absolute Gasteiger partial charge is 0.495 e. The van der Waals surface area contributed by atoms with E-state index in [-0.39, 0.29) is 5.69 Å². The summed E-state index contributed by atoms with van der Waals surface area (Å²) in [6.07, 6.45) is 0. The summed E-state index contributed by atoms with van der Waals surface area (Å²) in [4.78, 5) is 0. The van der Waals surface area contributed by atoms with Crippen LogP contribution in [0.3, 0.4) is 0 Å². The highest BCUT2D eigenvalue weighted by atomic mass is 35.5. The van der Waals surface area contributed by atoms with E-state index in [9.17, 15) is 5.26 Å². The third kappa shape index (κ3) is 2.41. The summed E-state index contributed by atoms with van der Waals surface area (Å²) in [5.41, 5.74) is 2.46. The molecule has 2 aromatic carbocycles. The predicted molar refractivity (Wildman–Crippen MR) is 83.1 cm³/mol. The van der Waals surface area contributed by atoms with E-state index in [0.717, 1.165) is 5.56 Å². The topological polar surface area (TPSA) is 63.7 Å². The maximum absolute atomic E-state index is 9.26. The Hall–Kier alpha value is -2.84. The third-order valence-electron chi connectivity index (χ3n) is 3.20. The average Bonchev–Trinajstić information content (AvgIpc) is 2.99. The van der Waals surface area contributed by atoms with Crippen molar-refractivity contribution in [2.24, 2.45) is 0 Å². The van der Waals surface area contributed by atoms with E-state index in [1.54, 1.807) is 23.9 Å². The molecule has 0 spiro atoms. The van der Waals surface area contributed by atoms with Gasteiger partial charge in [-0.1, -0.05) is 47.1 Å². The highest BCUT2D eigenvalue weighted by molar-refractivity contribution is 6.32. The van der Waals surface area contributed by atoms with Gasteiger partial charge in [0.25, 0.3) is 0 Å². The standard InChI is InChI=1S/C16H11ClN4O/c1-22-15-8-7-12(9-13(15)17)21-16(14(10-18)19-20-21)11-5-3-2-4-6-11/h2-9H,1H3. The highest BCUT2D eigenvalue weighted by Crippen LogP contribution is 2.29. The fraction of sp³-hybridized carbons (Fsp3) is 0.0625. The van der Waals surface area contributed by atoms with Crippen LogP contribution in [0.4, 0.5) is 0 Å². The van der Waals surface area contributed by atoms with Crippen LogP contribution in [0, 0.1) is 11.3 Å².